The van der Waals surface area contributed by atoms with E-state index in [1.165, 1.54) is 25.0 Å². The van der Waals surface area contributed by atoms with E-state index in [9.17, 15) is 9.59 Å². The van der Waals surface area contributed by atoms with Crippen molar-refractivity contribution in [3.63, 3.8) is 0 Å². The van der Waals surface area contributed by atoms with Crippen LogP contribution in [-0.4, -0.2) is 118 Å². The summed E-state index contributed by atoms with van der Waals surface area (Å²) < 4.78 is 26.4. The second-order valence-electron chi connectivity index (χ2n) is 14.0. The molecule has 8 atom stereocenters. The van der Waals surface area contributed by atoms with Crippen LogP contribution in [0.4, 0.5) is 4.79 Å². The summed E-state index contributed by atoms with van der Waals surface area (Å²) >= 11 is 0. The second kappa shape index (κ2) is 15.6. The molecule has 0 radical (unpaired) electrons. The summed E-state index contributed by atoms with van der Waals surface area (Å²) in [6.45, 7) is 3.00. The normalized spacial score (nSPS) is 36.3. The molecule has 4 N–H and O–H groups in total. The van der Waals surface area contributed by atoms with Crippen molar-refractivity contribution in [3.8, 4) is 0 Å². The van der Waals surface area contributed by atoms with Gasteiger partial charge in [-0.15, -0.1) is 0 Å². The third-order valence-electron chi connectivity index (χ3n) is 11.3. The minimum atomic E-state index is -1.83. The number of carbonyl (C=O) groups is 3. The minimum Gasteiger partial charge on any atom is -0.458 e. The number of benzene rings is 2. The lowest BCUT2D eigenvalue weighted by Gasteiger charge is -2.56. The number of rotatable bonds is 8. The van der Waals surface area contributed by atoms with E-state index in [1.807, 2.05) is 12.1 Å². The standard InChI is InChI=1S/C36H46N2O6.CH2O3.H2O/c1-21(39)41-33-27-17-15-25(37(27)3)19-29(33)43-35-31(23-11-7-5-8-12-23)36(32(35)24-13-9-6-10-14-24)44-30-20-26-16-18-28(38(26)4)34(30)42-22(2)40;2-1(3)4;/h5-14,25-36H,15-20H2,1-4H3;(H2,2,3,4);1H2. The number of hydrogen-bond donors (Lipinski definition) is 2. The largest absolute Gasteiger partial charge is 0.503 e. The SMILES string of the molecule is CC(=O)OC1C(OC2C(c3ccccc3)C(OC3CC4CCC(C3OC(C)=O)N4C)C2c2ccccc2)CC2CCC1N2C.O.O=C(O)O. The highest BCUT2D eigenvalue weighted by Gasteiger charge is 2.59. The van der Waals surface area contributed by atoms with E-state index < -0.39 is 6.16 Å². The lowest BCUT2D eigenvalue weighted by molar-refractivity contribution is -0.231. The van der Waals surface area contributed by atoms with Gasteiger partial charge in [-0.2, -0.15) is 0 Å². The summed E-state index contributed by atoms with van der Waals surface area (Å²) in [4.78, 5) is 37.9. The molecule has 4 bridgehead atoms. The molecule has 0 spiro atoms. The third kappa shape index (κ3) is 7.63. The fourth-order valence-electron chi connectivity index (χ4n) is 9.23. The Kier molecular flexibility index (Phi) is 11.7. The molecule has 268 valence electrons. The number of likely N-dealkylation sites (N-methyl/N-ethyl adjacent to an activating group) is 2. The van der Waals surface area contributed by atoms with Gasteiger partial charge in [0.2, 0.25) is 0 Å². The monoisotopic (exact) mass is 682 g/mol. The molecule has 2 aromatic rings. The lowest BCUT2D eigenvalue weighted by atomic mass is 9.62. The Hall–Kier alpha value is -3.55. The van der Waals surface area contributed by atoms with Crippen LogP contribution in [0.25, 0.3) is 0 Å². The minimum absolute atomic E-state index is 0. The Morgan fingerprint density at radius 1 is 0.612 bits per heavy atom. The summed E-state index contributed by atoms with van der Waals surface area (Å²) in [5.74, 6) is -0.562. The molecule has 1 aliphatic carbocycles. The van der Waals surface area contributed by atoms with E-state index >= 15 is 0 Å². The highest BCUT2D eigenvalue weighted by molar-refractivity contribution is 5.66. The van der Waals surface area contributed by atoms with Crippen molar-refractivity contribution in [2.24, 2.45) is 0 Å². The maximum atomic E-state index is 12.3. The van der Waals surface area contributed by atoms with Crippen molar-refractivity contribution < 1.29 is 49.0 Å². The zero-order valence-electron chi connectivity index (χ0n) is 28.6. The lowest BCUT2D eigenvalue weighted by Crippen LogP contribution is -2.62. The van der Waals surface area contributed by atoms with Gasteiger partial charge in [-0.05, 0) is 63.7 Å². The molecule has 2 aromatic carbocycles. The quantitative estimate of drug-likeness (QED) is 0.386. The number of piperidine rings is 2. The molecule has 8 unspecified atom stereocenters. The molecule has 0 amide bonds. The van der Waals surface area contributed by atoms with Gasteiger partial charge in [0.15, 0.2) is 0 Å². The summed E-state index contributed by atoms with van der Waals surface area (Å²) in [6.07, 6.45) is 2.73. The van der Waals surface area contributed by atoms with Gasteiger partial charge in [0, 0.05) is 49.9 Å². The van der Waals surface area contributed by atoms with Crippen LogP contribution in [0.3, 0.4) is 0 Å². The first-order chi connectivity index (χ1) is 23.0. The molecule has 1 saturated carbocycles. The molecule has 4 saturated heterocycles. The first kappa shape index (κ1) is 36.7. The molecule has 5 fully saturated rings. The first-order valence-electron chi connectivity index (χ1n) is 17.1. The summed E-state index contributed by atoms with van der Waals surface area (Å²) in [5.41, 5.74) is 2.35. The van der Waals surface area contributed by atoms with Gasteiger partial charge in [-0.3, -0.25) is 19.4 Å². The Morgan fingerprint density at radius 2 is 0.959 bits per heavy atom. The highest BCUT2D eigenvalue weighted by atomic mass is 16.6. The molecule has 12 heteroatoms. The summed E-state index contributed by atoms with van der Waals surface area (Å²) in [7, 11) is 4.30. The fraction of sp³-hybridized carbons (Fsp3) is 0.595. The number of nitrogens with zero attached hydrogens (tertiary/aromatic N) is 2. The van der Waals surface area contributed by atoms with Gasteiger partial charge in [0.05, 0.1) is 24.4 Å². The predicted octanol–water partition coefficient (Wildman–Crippen LogP) is 4.07. The molecule has 4 heterocycles. The number of fused-ring (bicyclic) bond motifs is 4. The Bertz CT molecular complexity index is 1320. The number of carbonyl (C=O) groups excluding carboxylic acids is 2. The van der Waals surface area contributed by atoms with E-state index in [4.69, 9.17) is 34.0 Å². The number of carboxylic acid groups (broad SMARTS) is 2. The van der Waals surface area contributed by atoms with Gasteiger partial charge >= 0.3 is 18.1 Å². The molecule has 7 rings (SSSR count). The average Bonchev–Trinajstić information content (AvgIpc) is 3.44. The Balaban J connectivity index is 0.000000889. The van der Waals surface area contributed by atoms with Crippen molar-refractivity contribution in [1.29, 1.82) is 0 Å². The van der Waals surface area contributed by atoms with Crippen molar-refractivity contribution in [2.75, 3.05) is 14.1 Å². The molecule has 5 aliphatic rings. The number of ether oxygens (including phenoxy) is 4. The highest BCUT2D eigenvalue weighted by Crippen LogP contribution is 2.54. The van der Waals surface area contributed by atoms with E-state index in [0.29, 0.717) is 12.1 Å². The van der Waals surface area contributed by atoms with Crippen LogP contribution in [0, 0.1) is 0 Å². The maximum absolute atomic E-state index is 12.3. The zero-order chi connectivity index (χ0) is 34.1. The number of hydrogen-bond acceptors (Lipinski definition) is 9. The second-order valence-corrected chi connectivity index (χ2v) is 14.0. The summed E-state index contributed by atoms with van der Waals surface area (Å²) in [5, 5.41) is 13.9. The van der Waals surface area contributed by atoms with Gasteiger partial charge in [-0.1, -0.05) is 60.7 Å². The van der Waals surface area contributed by atoms with Crippen LogP contribution in [0.1, 0.15) is 75.3 Å². The van der Waals surface area contributed by atoms with Crippen molar-refractivity contribution in [2.45, 2.75) is 125 Å². The molecular weight excluding hydrogens is 632 g/mol. The molecule has 0 aromatic heterocycles. The van der Waals surface area contributed by atoms with Gasteiger partial charge in [0.25, 0.3) is 0 Å². The zero-order valence-corrected chi connectivity index (χ0v) is 28.6. The van der Waals surface area contributed by atoms with E-state index in [0.717, 1.165) is 38.5 Å². The predicted molar refractivity (Wildman–Crippen MR) is 179 cm³/mol. The van der Waals surface area contributed by atoms with Gasteiger partial charge in [-0.25, -0.2) is 4.79 Å². The summed E-state index contributed by atoms with van der Waals surface area (Å²) in [6, 6.07) is 22.2. The fourth-order valence-corrected chi connectivity index (χ4v) is 9.23. The van der Waals surface area contributed by atoms with Gasteiger partial charge in [0.1, 0.15) is 12.2 Å². The Labute approximate surface area is 287 Å². The van der Waals surface area contributed by atoms with Crippen LogP contribution in [-0.2, 0) is 28.5 Å². The van der Waals surface area contributed by atoms with Crippen molar-refractivity contribution in [1.82, 2.24) is 9.80 Å². The van der Waals surface area contributed by atoms with E-state index in [1.54, 1.807) is 0 Å². The average molecular weight is 683 g/mol. The van der Waals surface area contributed by atoms with Gasteiger partial charge < -0.3 is 34.6 Å². The van der Waals surface area contributed by atoms with Crippen LogP contribution in [0.15, 0.2) is 60.7 Å². The first-order valence-corrected chi connectivity index (χ1v) is 17.1. The Morgan fingerprint density at radius 3 is 1.29 bits per heavy atom. The molecule has 4 aliphatic heterocycles. The number of esters is 2. The van der Waals surface area contributed by atoms with Crippen LogP contribution < -0.4 is 0 Å². The molecule has 12 nitrogen and oxygen atoms in total. The van der Waals surface area contributed by atoms with Crippen LogP contribution in [0.2, 0.25) is 0 Å². The van der Waals surface area contributed by atoms with E-state index in [-0.39, 0.29) is 78.0 Å². The third-order valence-corrected chi connectivity index (χ3v) is 11.3. The smallest absolute Gasteiger partial charge is 0.458 e. The van der Waals surface area contributed by atoms with Crippen LogP contribution >= 0.6 is 0 Å². The van der Waals surface area contributed by atoms with Crippen molar-refractivity contribution in [3.05, 3.63) is 71.8 Å². The molecule has 49 heavy (non-hydrogen) atoms. The van der Waals surface area contributed by atoms with Crippen molar-refractivity contribution >= 4 is 18.1 Å². The van der Waals surface area contributed by atoms with Crippen LogP contribution in [0.5, 0.6) is 0 Å². The van der Waals surface area contributed by atoms with E-state index in [2.05, 4.69) is 72.4 Å². The maximum Gasteiger partial charge on any atom is 0.503 e. The topological polar surface area (TPSA) is 167 Å². The molecular formula is C37H50N2O10.